The first-order valence-corrected chi connectivity index (χ1v) is 9.21. The third kappa shape index (κ3) is 4.55. The Kier molecular flexibility index (Phi) is 5.31. The second-order valence-electron chi connectivity index (χ2n) is 5.14. The van der Waals surface area contributed by atoms with Gasteiger partial charge in [0.15, 0.2) is 0 Å². The molecule has 6 nitrogen and oxygen atoms in total. The van der Waals surface area contributed by atoms with E-state index in [1.807, 2.05) is 13.8 Å². The molecule has 3 N–H and O–H groups in total. The first kappa shape index (κ1) is 17.1. The number of nitrogens with one attached hydrogen (secondary N) is 1. The van der Waals surface area contributed by atoms with Crippen LogP contribution in [0.15, 0.2) is 34.1 Å². The maximum atomic E-state index is 12.3. The Balaban J connectivity index is 3.18. The molecule has 8 heteroatoms. The lowest BCUT2D eigenvalue weighted by Gasteiger charge is -2.17. The van der Waals surface area contributed by atoms with Gasteiger partial charge in [-0.05, 0) is 31.4 Å². The van der Waals surface area contributed by atoms with Gasteiger partial charge in [0.25, 0.3) is 0 Å². The molecule has 0 aliphatic rings. The van der Waals surface area contributed by atoms with Crippen molar-refractivity contribution in [2.24, 2.45) is 11.1 Å². The van der Waals surface area contributed by atoms with Crippen LogP contribution in [0.2, 0.25) is 0 Å². The first-order valence-electron chi connectivity index (χ1n) is 6.18. The van der Waals surface area contributed by atoms with E-state index < -0.39 is 24.9 Å². The molecule has 0 radical (unpaired) electrons. The number of sulfonamides is 2. The molecule has 1 atom stereocenters. The average Bonchev–Trinajstić information content (AvgIpc) is 2.25. The normalized spacial score (nSPS) is 14.4. The van der Waals surface area contributed by atoms with Crippen molar-refractivity contribution >= 4 is 20.0 Å². The van der Waals surface area contributed by atoms with E-state index in [9.17, 15) is 16.8 Å². The van der Waals surface area contributed by atoms with E-state index in [-0.39, 0.29) is 10.9 Å². The summed E-state index contributed by atoms with van der Waals surface area (Å²) in [6.07, 6.45) is 0.650. The summed E-state index contributed by atoms with van der Waals surface area (Å²) < 4.78 is 49.9. The summed E-state index contributed by atoms with van der Waals surface area (Å²) in [5, 5.41) is 5.05. The molecule has 0 saturated carbocycles. The smallest absolute Gasteiger partial charge is 0.225 e. The van der Waals surface area contributed by atoms with Crippen LogP contribution in [0.3, 0.4) is 0 Å². The minimum atomic E-state index is -4.09. The summed E-state index contributed by atoms with van der Waals surface area (Å²) in [4.78, 5) is -0.720. The number of primary sulfonamides is 1. The predicted molar refractivity (Wildman–Crippen MR) is 77.1 cm³/mol. The quantitative estimate of drug-likeness (QED) is 0.817. The third-order valence-electron chi connectivity index (χ3n) is 2.63. The Morgan fingerprint density at radius 3 is 2.00 bits per heavy atom. The van der Waals surface area contributed by atoms with Crippen LogP contribution in [0.1, 0.15) is 27.2 Å². The molecular formula is C12H20N2O4S2. The maximum absolute atomic E-state index is 12.3. The van der Waals surface area contributed by atoms with Gasteiger partial charge in [-0.3, -0.25) is 0 Å². The maximum Gasteiger partial charge on any atom is 0.242 e. The van der Waals surface area contributed by atoms with Crippen molar-refractivity contribution < 1.29 is 16.8 Å². The second-order valence-corrected chi connectivity index (χ2v) is 8.36. The zero-order valence-corrected chi connectivity index (χ0v) is 13.3. The van der Waals surface area contributed by atoms with Gasteiger partial charge in [0.2, 0.25) is 20.0 Å². The van der Waals surface area contributed by atoms with Crippen LogP contribution in [0.5, 0.6) is 0 Å². The van der Waals surface area contributed by atoms with Crippen LogP contribution >= 0.6 is 0 Å². The summed E-state index contributed by atoms with van der Waals surface area (Å²) in [7, 11) is -8.02. The van der Waals surface area contributed by atoms with Crippen LogP contribution in [0, 0.1) is 5.92 Å². The molecular weight excluding hydrogens is 300 g/mol. The molecule has 1 aromatic rings. The number of nitrogens with two attached hydrogens (primary N) is 1. The summed E-state index contributed by atoms with van der Waals surface area (Å²) >= 11 is 0. The summed E-state index contributed by atoms with van der Waals surface area (Å²) in [6, 6.07) is 4.99. The highest BCUT2D eigenvalue weighted by atomic mass is 32.2. The van der Waals surface area contributed by atoms with Gasteiger partial charge in [0.1, 0.15) is 9.79 Å². The van der Waals surface area contributed by atoms with Crippen LogP contribution in [0.4, 0.5) is 0 Å². The topological polar surface area (TPSA) is 106 Å². The van der Waals surface area contributed by atoms with Crippen molar-refractivity contribution in [1.82, 2.24) is 4.72 Å². The van der Waals surface area contributed by atoms with Crippen molar-refractivity contribution in [3.05, 3.63) is 24.3 Å². The predicted octanol–water partition coefficient (Wildman–Crippen LogP) is 1.05. The monoisotopic (exact) mass is 320 g/mol. The van der Waals surface area contributed by atoms with E-state index in [1.165, 1.54) is 24.3 Å². The zero-order chi connectivity index (χ0) is 15.6. The Morgan fingerprint density at radius 1 is 1.05 bits per heavy atom. The molecule has 1 unspecified atom stereocenters. The Bertz CT molecular complexity index is 666. The minimum Gasteiger partial charge on any atom is -0.225 e. The largest absolute Gasteiger partial charge is 0.242 e. The fourth-order valence-corrected chi connectivity index (χ4v) is 4.63. The zero-order valence-electron chi connectivity index (χ0n) is 11.7. The van der Waals surface area contributed by atoms with Gasteiger partial charge in [-0.1, -0.05) is 26.0 Å². The van der Waals surface area contributed by atoms with Crippen LogP contribution in [-0.4, -0.2) is 22.9 Å². The van der Waals surface area contributed by atoms with Gasteiger partial charge in [-0.25, -0.2) is 26.7 Å². The summed E-state index contributed by atoms with van der Waals surface area (Å²) in [5.74, 6) is 0.321. The molecule has 0 amide bonds. The van der Waals surface area contributed by atoms with Crippen LogP contribution in [-0.2, 0) is 20.0 Å². The lowest BCUT2D eigenvalue weighted by atomic mass is 10.1. The van der Waals surface area contributed by atoms with Gasteiger partial charge < -0.3 is 0 Å². The lowest BCUT2D eigenvalue weighted by Crippen LogP contribution is -2.34. The number of benzene rings is 1. The first-order chi connectivity index (χ1) is 9.04. The molecule has 0 aliphatic heterocycles. The lowest BCUT2D eigenvalue weighted by molar-refractivity contribution is 0.481. The Hall–Kier alpha value is -0.960. The van der Waals surface area contributed by atoms with Crippen molar-refractivity contribution in [3.8, 4) is 0 Å². The molecule has 1 aromatic carbocycles. The van der Waals surface area contributed by atoms with E-state index >= 15 is 0 Å². The standard InChI is InChI=1S/C12H20N2O4S2/c1-9(2)8-10(3)14-20(17,18)12-7-5-4-6-11(12)19(13,15)16/h4-7,9-10,14H,8H2,1-3H3,(H2,13,15,16). The van der Waals surface area contributed by atoms with E-state index in [4.69, 9.17) is 5.14 Å². The van der Waals surface area contributed by atoms with Crippen LogP contribution < -0.4 is 9.86 Å². The molecule has 1 rings (SSSR count). The highest BCUT2D eigenvalue weighted by Crippen LogP contribution is 2.20. The van der Waals surface area contributed by atoms with E-state index in [2.05, 4.69) is 4.72 Å². The van der Waals surface area contributed by atoms with Gasteiger partial charge in [-0.15, -0.1) is 0 Å². The highest BCUT2D eigenvalue weighted by Gasteiger charge is 2.25. The summed E-state index contributed by atoms with van der Waals surface area (Å²) in [5.41, 5.74) is 0. The average molecular weight is 320 g/mol. The molecule has 0 aromatic heterocycles. The third-order valence-corrected chi connectivity index (χ3v) is 5.37. The molecule has 0 bridgehead atoms. The SMILES string of the molecule is CC(C)CC(C)NS(=O)(=O)c1ccccc1S(N)(=O)=O. The van der Waals surface area contributed by atoms with Crippen molar-refractivity contribution in [3.63, 3.8) is 0 Å². The Morgan fingerprint density at radius 2 is 1.55 bits per heavy atom. The van der Waals surface area contributed by atoms with Gasteiger partial charge in [0.05, 0.1) is 0 Å². The molecule has 0 aliphatic carbocycles. The minimum absolute atomic E-state index is 0.298. The second kappa shape index (κ2) is 6.21. The van der Waals surface area contributed by atoms with Gasteiger partial charge >= 0.3 is 0 Å². The molecule has 114 valence electrons. The van der Waals surface area contributed by atoms with Crippen LogP contribution in [0.25, 0.3) is 0 Å². The molecule has 0 spiro atoms. The van der Waals surface area contributed by atoms with Crippen molar-refractivity contribution in [2.75, 3.05) is 0 Å². The molecule has 0 heterocycles. The van der Waals surface area contributed by atoms with Gasteiger partial charge in [0, 0.05) is 6.04 Å². The fraction of sp³-hybridized carbons (Fsp3) is 0.500. The van der Waals surface area contributed by atoms with Crippen molar-refractivity contribution in [2.45, 2.75) is 43.0 Å². The molecule has 0 saturated heterocycles. The molecule has 0 fully saturated rings. The van der Waals surface area contributed by atoms with E-state index in [0.717, 1.165) is 0 Å². The number of rotatable bonds is 6. The summed E-state index contributed by atoms with van der Waals surface area (Å²) in [6.45, 7) is 5.68. The fourth-order valence-electron chi connectivity index (χ4n) is 1.99. The number of hydrogen-bond donors (Lipinski definition) is 2. The van der Waals surface area contributed by atoms with E-state index in [1.54, 1.807) is 6.92 Å². The van der Waals surface area contributed by atoms with Crippen molar-refractivity contribution in [1.29, 1.82) is 0 Å². The number of hydrogen-bond acceptors (Lipinski definition) is 4. The molecule has 20 heavy (non-hydrogen) atoms. The highest BCUT2D eigenvalue weighted by molar-refractivity contribution is 7.92. The Labute approximate surface area is 120 Å². The van der Waals surface area contributed by atoms with E-state index in [0.29, 0.717) is 12.3 Å². The van der Waals surface area contributed by atoms with Gasteiger partial charge in [-0.2, -0.15) is 0 Å².